The Bertz CT molecular complexity index is 1420. The van der Waals surface area contributed by atoms with Gasteiger partial charge in [0.1, 0.15) is 18.2 Å². The molecule has 2 aromatic heterocycles. The van der Waals surface area contributed by atoms with Crippen molar-refractivity contribution in [2.45, 2.75) is 74.9 Å². The second-order valence-electron chi connectivity index (χ2n) is 12.5. The van der Waals surface area contributed by atoms with Crippen LogP contribution in [0.1, 0.15) is 62.8 Å². The van der Waals surface area contributed by atoms with Crippen molar-refractivity contribution >= 4 is 28.2 Å². The van der Waals surface area contributed by atoms with E-state index in [1.807, 2.05) is 12.3 Å². The molecular formula is C31H36ClN5O2. The summed E-state index contributed by atoms with van der Waals surface area (Å²) < 4.78 is 6.58. The van der Waals surface area contributed by atoms with E-state index in [9.17, 15) is 5.11 Å². The van der Waals surface area contributed by atoms with Gasteiger partial charge in [-0.05, 0) is 99.5 Å². The van der Waals surface area contributed by atoms with Crippen molar-refractivity contribution in [2.75, 3.05) is 37.7 Å². The number of hydrogen-bond donors (Lipinski definition) is 2. The molecule has 2 atom stereocenters. The van der Waals surface area contributed by atoms with Crippen LogP contribution in [0.4, 0.5) is 5.82 Å². The van der Waals surface area contributed by atoms with Crippen LogP contribution >= 0.6 is 11.6 Å². The van der Waals surface area contributed by atoms with Crippen molar-refractivity contribution in [1.82, 2.24) is 20.2 Å². The van der Waals surface area contributed by atoms with E-state index in [-0.39, 0.29) is 11.3 Å². The first kappa shape index (κ1) is 24.2. The number of anilines is 1. The molecule has 1 saturated carbocycles. The largest absolute Gasteiger partial charge is 0.508 e. The van der Waals surface area contributed by atoms with Crippen LogP contribution in [0.5, 0.6) is 11.6 Å². The third-order valence-corrected chi connectivity index (χ3v) is 10.2. The van der Waals surface area contributed by atoms with Gasteiger partial charge in [0.2, 0.25) is 5.88 Å². The minimum Gasteiger partial charge on any atom is -0.508 e. The third kappa shape index (κ3) is 4.25. The summed E-state index contributed by atoms with van der Waals surface area (Å²) in [6, 6.07) is 8.72. The maximum absolute atomic E-state index is 10.4. The van der Waals surface area contributed by atoms with E-state index in [2.05, 4.69) is 27.2 Å². The predicted octanol–water partition coefficient (Wildman–Crippen LogP) is 5.48. The van der Waals surface area contributed by atoms with Crippen molar-refractivity contribution < 1.29 is 9.84 Å². The number of nitrogens with zero attached hydrogens (tertiary/aromatic N) is 4. The monoisotopic (exact) mass is 545 g/mol. The summed E-state index contributed by atoms with van der Waals surface area (Å²) in [5.41, 5.74) is 3.04. The van der Waals surface area contributed by atoms with Gasteiger partial charge >= 0.3 is 0 Å². The summed E-state index contributed by atoms with van der Waals surface area (Å²) in [4.78, 5) is 15.1. The number of benzene rings is 1. The smallest absolute Gasteiger partial charge is 0.215 e. The van der Waals surface area contributed by atoms with Gasteiger partial charge in [0.15, 0.2) is 0 Å². The van der Waals surface area contributed by atoms with Gasteiger partial charge in [-0.15, -0.1) is 0 Å². The Morgan fingerprint density at radius 1 is 1.03 bits per heavy atom. The maximum Gasteiger partial charge on any atom is 0.215 e. The molecule has 4 saturated heterocycles. The summed E-state index contributed by atoms with van der Waals surface area (Å²) in [7, 11) is 0. The number of nitrogens with one attached hydrogen (secondary N) is 1. The zero-order valence-electron chi connectivity index (χ0n) is 22.3. The van der Waals surface area contributed by atoms with E-state index in [1.165, 1.54) is 51.6 Å². The van der Waals surface area contributed by atoms with Gasteiger partial charge in [0.25, 0.3) is 0 Å². The van der Waals surface area contributed by atoms with Crippen molar-refractivity contribution in [2.24, 2.45) is 0 Å². The van der Waals surface area contributed by atoms with Crippen LogP contribution in [0.2, 0.25) is 5.02 Å². The Morgan fingerprint density at radius 2 is 1.79 bits per heavy atom. The zero-order valence-corrected chi connectivity index (χ0v) is 23.1. The fourth-order valence-corrected chi connectivity index (χ4v) is 8.18. The average Bonchev–Trinajstić information content (AvgIpc) is 3.42. The number of ether oxygens (including phenoxy) is 1. The van der Waals surface area contributed by atoms with Gasteiger partial charge in [0, 0.05) is 53.4 Å². The summed E-state index contributed by atoms with van der Waals surface area (Å²) in [5, 5.41) is 16.9. The van der Waals surface area contributed by atoms with Crippen LogP contribution in [0.3, 0.4) is 0 Å². The summed E-state index contributed by atoms with van der Waals surface area (Å²) in [6.07, 6.45) is 11.6. The topological polar surface area (TPSA) is 73.8 Å². The van der Waals surface area contributed by atoms with Crippen LogP contribution in [0.25, 0.3) is 22.0 Å². The number of aromatic hydroxyl groups is 1. The predicted molar refractivity (Wildman–Crippen MR) is 154 cm³/mol. The SMILES string of the molecule is Oc1cc(Cl)c(C2CC2)c(-c2cc3cc(OCC45CCCN4CCC5)nc(N4CC5CCC(C4)N5)c3cn2)c1. The van der Waals surface area contributed by atoms with E-state index in [0.29, 0.717) is 35.5 Å². The van der Waals surface area contributed by atoms with Gasteiger partial charge in [-0.2, -0.15) is 4.98 Å². The highest BCUT2D eigenvalue weighted by Crippen LogP contribution is 2.49. The lowest BCUT2D eigenvalue weighted by Crippen LogP contribution is -2.51. The zero-order chi connectivity index (χ0) is 26.1. The molecule has 5 aliphatic rings. The number of aromatic nitrogens is 2. The molecule has 8 heteroatoms. The molecule has 4 aliphatic heterocycles. The van der Waals surface area contributed by atoms with Crippen LogP contribution in [-0.2, 0) is 0 Å². The second-order valence-corrected chi connectivity index (χ2v) is 12.9. The number of phenols is 1. The summed E-state index contributed by atoms with van der Waals surface area (Å²) >= 11 is 6.64. The first-order chi connectivity index (χ1) is 19.0. The molecule has 204 valence electrons. The molecule has 1 aromatic carbocycles. The molecule has 5 fully saturated rings. The molecule has 39 heavy (non-hydrogen) atoms. The highest BCUT2D eigenvalue weighted by Gasteiger charge is 2.45. The molecular weight excluding hydrogens is 510 g/mol. The van der Waals surface area contributed by atoms with Crippen molar-refractivity contribution in [3.05, 3.63) is 41.0 Å². The Morgan fingerprint density at radius 3 is 2.54 bits per heavy atom. The van der Waals surface area contributed by atoms with Gasteiger partial charge in [-0.1, -0.05) is 11.6 Å². The molecule has 8 rings (SSSR count). The lowest BCUT2D eigenvalue weighted by molar-refractivity contribution is 0.111. The molecule has 0 amide bonds. The van der Waals surface area contributed by atoms with Gasteiger partial charge in [-0.3, -0.25) is 9.88 Å². The lowest BCUT2D eigenvalue weighted by atomic mass is 9.95. The van der Waals surface area contributed by atoms with Crippen LogP contribution in [0, 0.1) is 0 Å². The van der Waals surface area contributed by atoms with Crippen LogP contribution in [0.15, 0.2) is 30.5 Å². The number of phenolic OH excluding ortho intramolecular Hbond substituents is 1. The number of halogens is 1. The summed E-state index contributed by atoms with van der Waals surface area (Å²) in [5.74, 6) is 2.29. The van der Waals surface area contributed by atoms with Gasteiger partial charge in [-0.25, -0.2) is 0 Å². The minimum absolute atomic E-state index is 0.172. The minimum atomic E-state index is 0.172. The molecule has 6 heterocycles. The molecule has 7 nitrogen and oxygen atoms in total. The Hall–Kier alpha value is -2.61. The number of rotatable bonds is 6. The number of fused-ring (bicyclic) bond motifs is 4. The van der Waals surface area contributed by atoms with E-state index in [1.54, 1.807) is 6.07 Å². The number of hydrogen-bond acceptors (Lipinski definition) is 7. The molecule has 3 aromatic rings. The van der Waals surface area contributed by atoms with Crippen LogP contribution in [-0.4, -0.2) is 70.4 Å². The summed E-state index contributed by atoms with van der Waals surface area (Å²) in [6.45, 7) is 4.98. The Balaban J connectivity index is 1.21. The van der Waals surface area contributed by atoms with Gasteiger partial charge < -0.3 is 20.1 Å². The highest BCUT2D eigenvalue weighted by molar-refractivity contribution is 6.32. The first-order valence-corrected chi connectivity index (χ1v) is 15.1. The van der Waals surface area contributed by atoms with E-state index in [4.69, 9.17) is 26.3 Å². The Kier molecular flexibility index (Phi) is 5.72. The normalized spacial score (nSPS) is 25.9. The van der Waals surface area contributed by atoms with Crippen molar-refractivity contribution in [3.8, 4) is 22.9 Å². The van der Waals surface area contributed by atoms with Crippen molar-refractivity contribution in [1.29, 1.82) is 0 Å². The van der Waals surface area contributed by atoms with E-state index >= 15 is 0 Å². The fraction of sp³-hybridized carbons (Fsp3) is 0.548. The molecule has 2 bridgehead atoms. The van der Waals surface area contributed by atoms with Crippen molar-refractivity contribution in [3.63, 3.8) is 0 Å². The third-order valence-electron chi connectivity index (χ3n) is 9.86. The van der Waals surface area contributed by atoms with E-state index in [0.717, 1.165) is 59.3 Å². The molecule has 0 spiro atoms. The van der Waals surface area contributed by atoms with Crippen LogP contribution < -0.4 is 15.0 Å². The molecule has 0 radical (unpaired) electrons. The molecule has 1 aliphatic carbocycles. The maximum atomic E-state index is 10.4. The average molecular weight is 546 g/mol. The lowest BCUT2D eigenvalue weighted by Gasteiger charge is -2.35. The number of pyridine rings is 2. The molecule has 2 N–H and O–H groups in total. The fourth-order valence-electron chi connectivity index (χ4n) is 7.81. The molecule has 2 unspecified atom stereocenters. The highest BCUT2D eigenvalue weighted by atomic mass is 35.5. The van der Waals surface area contributed by atoms with E-state index < -0.39 is 0 Å². The Labute approximate surface area is 234 Å². The standard InChI is InChI=1S/C31H36ClN5O2/c32-26-14-23(38)13-24(29(26)19-3-4-19)27-11-20-12-28(39-18-31-7-1-9-37(31)10-2-8-31)35-30(25(20)15-33-27)36-16-21-5-6-22(17-36)34-21/h11-15,19,21-22,34,38H,1-10,16-18H2. The number of piperazine rings is 1. The first-order valence-electron chi connectivity index (χ1n) is 14.8. The van der Waals surface area contributed by atoms with Gasteiger partial charge in [0.05, 0.1) is 11.2 Å². The second kappa shape index (κ2) is 9.22. The quantitative estimate of drug-likeness (QED) is 0.425.